The van der Waals surface area contributed by atoms with Gasteiger partial charge in [-0.2, -0.15) is 0 Å². The zero-order valence-corrected chi connectivity index (χ0v) is 19.5. The molecule has 0 fully saturated rings. The molecule has 1 aliphatic heterocycles. The third kappa shape index (κ3) is 11.8. The van der Waals surface area contributed by atoms with Crippen molar-refractivity contribution in [3.05, 3.63) is 12.4 Å². The van der Waals surface area contributed by atoms with Gasteiger partial charge >= 0.3 is 5.97 Å². The summed E-state index contributed by atoms with van der Waals surface area (Å²) >= 11 is 0. The lowest BCUT2D eigenvalue weighted by Gasteiger charge is -2.30. The summed E-state index contributed by atoms with van der Waals surface area (Å²) in [5.74, 6) is 0.0338. The number of aliphatic carboxylic acids is 1. The van der Waals surface area contributed by atoms with Crippen LogP contribution in [0.25, 0.3) is 0 Å². The summed E-state index contributed by atoms with van der Waals surface area (Å²) in [6.45, 7) is 2.60. The molecule has 5 heteroatoms. The highest BCUT2D eigenvalue weighted by Gasteiger charge is 2.36. The van der Waals surface area contributed by atoms with Gasteiger partial charge in [-0.25, -0.2) is 14.3 Å². The van der Waals surface area contributed by atoms with Crippen LogP contribution in [0.5, 0.6) is 0 Å². The number of aliphatic imine (C=N–C) groups is 1. The first-order chi connectivity index (χ1) is 14.6. The maximum absolute atomic E-state index is 11.2. The van der Waals surface area contributed by atoms with Crippen molar-refractivity contribution in [2.45, 2.75) is 116 Å². The van der Waals surface area contributed by atoms with Crippen LogP contribution in [0.4, 0.5) is 0 Å². The number of aliphatic hydroxyl groups excluding tert-OH is 1. The minimum absolute atomic E-state index is 0.0321. The van der Waals surface area contributed by atoms with Crippen molar-refractivity contribution >= 4 is 11.8 Å². The predicted molar refractivity (Wildman–Crippen MR) is 125 cm³/mol. The Morgan fingerprint density at radius 3 is 1.73 bits per heavy atom. The van der Waals surface area contributed by atoms with Crippen LogP contribution < -0.4 is 0 Å². The molecule has 30 heavy (non-hydrogen) atoms. The molecule has 174 valence electrons. The molecule has 0 saturated carbocycles. The second-order valence-corrected chi connectivity index (χ2v) is 8.93. The highest BCUT2D eigenvalue weighted by atomic mass is 16.4. The number of rotatable bonds is 21. The van der Waals surface area contributed by atoms with E-state index in [0.717, 1.165) is 18.7 Å². The average molecular weight is 424 g/mol. The molecule has 1 unspecified atom stereocenters. The maximum atomic E-state index is 11.2. The summed E-state index contributed by atoms with van der Waals surface area (Å²) in [5.41, 5.74) is 0. The Labute approximate surface area is 184 Å². The Hall–Kier alpha value is -1.20. The highest BCUT2D eigenvalue weighted by Crippen LogP contribution is 2.21. The topological polar surface area (TPSA) is 69.9 Å². The molecule has 0 aromatic heterocycles. The summed E-state index contributed by atoms with van der Waals surface area (Å²) in [6.07, 6.45) is 25.8. The number of carbonyl (C=O) groups is 1. The Morgan fingerprint density at radius 2 is 1.30 bits per heavy atom. The van der Waals surface area contributed by atoms with E-state index in [2.05, 4.69) is 11.9 Å². The summed E-state index contributed by atoms with van der Waals surface area (Å²) < 4.78 is 0.185. The number of quaternary nitrogens is 1. The SMILES string of the molecule is CCCCCCCCCCCCCCCCCCC1=NC=C[N+]1(CCO)CC(=O)O. The van der Waals surface area contributed by atoms with Crippen LogP contribution in [0, 0.1) is 0 Å². The molecule has 0 aromatic carbocycles. The van der Waals surface area contributed by atoms with Crippen LogP contribution in [0.3, 0.4) is 0 Å². The van der Waals surface area contributed by atoms with Gasteiger partial charge in [0.15, 0.2) is 6.54 Å². The first-order valence-corrected chi connectivity index (χ1v) is 12.6. The molecule has 1 aliphatic rings. The first kappa shape index (κ1) is 26.8. The third-order valence-electron chi connectivity index (χ3n) is 6.26. The van der Waals surface area contributed by atoms with E-state index in [0.29, 0.717) is 6.54 Å². The van der Waals surface area contributed by atoms with Crippen LogP contribution in [0.1, 0.15) is 116 Å². The standard InChI is InChI=1S/C25H46N2O3/c1-2-3-4-5-6-7-8-9-10-11-12-13-14-15-16-17-18-24-26-19-20-27(24,21-22-28)23-25(29)30/h19-20,28H,2-18,21-23H2,1H3/p+1. The highest BCUT2D eigenvalue weighted by molar-refractivity contribution is 5.81. The van der Waals surface area contributed by atoms with Crippen LogP contribution in [0.15, 0.2) is 17.4 Å². The number of nitrogens with zero attached hydrogens (tertiary/aromatic N) is 2. The Balaban J connectivity index is 1.95. The molecule has 0 bridgehead atoms. The van der Waals surface area contributed by atoms with Crippen molar-refractivity contribution in [1.82, 2.24) is 0 Å². The number of hydrogen-bond donors (Lipinski definition) is 2. The summed E-state index contributed by atoms with van der Waals surface area (Å²) in [5, 5.41) is 18.5. The zero-order valence-electron chi connectivity index (χ0n) is 19.5. The zero-order chi connectivity index (χ0) is 21.9. The van der Waals surface area contributed by atoms with Gasteiger partial charge in [0.2, 0.25) is 5.84 Å². The van der Waals surface area contributed by atoms with Gasteiger partial charge in [0.05, 0.1) is 12.8 Å². The van der Waals surface area contributed by atoms with Crippen molar-refractivity contribution in [1.29, 1.82) is 0 Å². The monoisotopic (exact) mass is 423 g/mol. The van der Waals surface area contributed by atoms with Gasteiger partial charge in [-0.1, -0.05) is 103 Å². The van der Waals surface area contributed by atoms with Gasteiger partial charge < -0.3 is 10.2 Å². The Bertz CT molecular complexity index is 505. The average Bonchev–Trinajstić information content (AvgIpc) is 3.09. The number of amidine groups is 1. The second-order valence-electron chi connectivity index (χ2n) is 8.93. The van der Waals surface area contributed by atoms with Gasteiger partial charge in [0.25, 0.3) is 0 Å². The van der Waals surface area contributed by atoms with Crippen LogP contribution in [-0.2, 0) is 4.79 Å². The van der Waals surface area contributed by atoms with Gasteiger partial charge in [-0.15, -0.1) is 0 Å². The van der Waals surface area contributed by atoms with Gasteiger partial charge in [0, 0.05) is 6.42 Å². The molecule has 0 aliphatic carbocycles. The molecule has 1 atom stereocenters. The molecule has 0 aromatic rings. The fourth-order valence-corrected chi connectivity index (χ4v) is 4.41. The van der Waals surface area contributed by atoms with Crippen LogP contribution >= 0.6 is 0 Å². The van der Waals surface area contributed by atoms with E-state index in [1.165, 1.54) is 96.3 Å². The number of unbranched alkanes of at least 4 members (excludes halogenated alkanes) is 15. The minimum Gasteiger partial charge on any atom is -0.477 e. The van der Waals surface area contributed by atoms with E-state index in [1.54, 1.807) is 6.20 Å². The number of aliphatic hydroxyl groups is 1. The largest absolute Gasteiger partial charge is 0.477 e. The van der Waals surface area contributed by atoms with Crippen molar-refractivity contribution in [3.8, 4) is 0 Å². The van der Waals surface area contributed by atoms with E-state index in [4.69, 9.17) is 0 Å². The number of hydrogen-bond acceptors (Lipinski definition) is 3. The lowest BCUT2D eigenvalue weighted by molar-refractivity contribution is -0.780. The Kier molecular flexibility index (Phi) is 15.6. The van der Waals surface area contributed by atoms with Crippen molar-refractivity contribution in [2.75, 3.05) is 19.7 Å². The summed E-state index contributed by atoms with van der Waals surface area (Å²) in [7, 11) is 0. The van der Waals surface area contributed by atoms with Crippen molar-refractivity contribution in [3.63, 3.8) is 0 Å². The molecule has 0 radical (unpaired) electrons. The van der Waals surface area contributed by atoms with Crippen LogP contribution in [-0.4, -0.2) is 46.2 Å². The molecule has 1 rings (SSSR count). The lowest BCUT2D eigenvalue weighted by Crippen LogP contribution is -2.51. The van der Waals surface area contributed by atoms with Gasteiger partial charge in [-0.3, -0.25) is 0 Å². The smallest absolute Gasteiger partial charge is 0.360 e. The normalized spacial score (nSPS) is 18.1. The maximum Gasteiger partial charge on any atom is 0.360 e. The number of carboxylic acids is 1. The summed E-state index contributed by atoms with van der Waals surface area (Å²) in [4.78, 5) is 15.6. The summed E-state index contributed by atoms with van der Waals surface area (Å²) in [6, 6.07) is 0. The number of carboxylic acid groups (broad SMARTS) is 1. The Morgan fingerprint density at radius 1 is 0.833 bits per heavy atom. The van der Waals surface area contributed by atoms with Gasteiger partial charge in [-0.05, 0) is 6.42 Å². The molecule has 0 amide bonds. The van der Waals surface area contributed by atoms with E-state index in [9.17, 15) is 15.0 Å². The molecule has 0 spiro atoms. The molecule has 1 heterocycles. The quantitative estimate of drug-likeness (QED) is 0.165. The third-order valence-corrected chi connectivity index (χ3v) is 6.26. The van der Waals surface area contributed by atoms with Crippen molar-refractivity contribution < 1.29 is 19.5 Å². The molecule has 0 saturated heterocycles. The first-order valence-electron chi connectivity index (χ1n) is 12.6. The minimum atomic E-state index is -0.852. The second kappa shape index (κ2) is 17.5. The fourth-order valence-electron chi connectivity index (χ4n) is 4.41. The molecular formula is C25H47N2O3+. The van der Waals surface area contributed by atoms with Crippen molar-refractivity contribution in [2.24, 2.45) is 4.99 Å². The lowest BCUT2D eigenvalue weighted by atomic mass is 10.0. The fraction of sp³-hybridized carbons (Fsp3) is 0.840. The van der Waals surface area contributed by atoms with Gasteiger partial charge in [0.1, 0.15) is 12.7 Å². The van der Waals surface area contributed by atoms with E-state index < -0.39 is 5.97 Å². The van der Waals surface area contributed by atoms with E-state index in [-0.39, 0.29) is 17.6 Å². The van der Waals surface area contributed by atoms with E-state index in [1.807, 2.05) is 6.20 Å². The van der Waals surface area contributed by atoms with Crippen LogP contribution in [0.2, 0.25) is 0 Å². The predicted octanol–water partition coefficient (Wildman–Crippen LogP) is 6.42. The molecule has 5 nitrogen and oxygen atoms in total. The molecule has 2 N–H and O–H groups in total. The van der Waals surface area contributed by atoms with E-state index >= 15 is 0 Å². The molecular weight excluding hydrogens is 376 g/mol.